The van der Waals surface area contributed by atoms with Crippen molar-refractivity contribution < 1.29 is 19.1 Å². The molecular formula is C26H33N3O5. The van der Waals surface area contributed by atoms with Crippen molar-refractivity contribution >= 4 is 11.9 Å². The first-order valence-electron chi connectivity index (χ1n) is 11.9. The number of benzene rings is 1. The Morgan fingerprint density at radius 3 is 2.50 bits per heavy atom. The number of rotatable bonds is 5. The summed E-state index contributed by atoms with van der Waals surface area (Å²) < 4.78 is 12.2. The lowest BCUT2D eigenvalue weighted by molar-refractivity contribution is -0.147. The van der Waals surface area contributed by atoms with Crippen molar-refractivity contribution in [2.45, 2.75) is 51.7 Å². The molecule has 1 amide bonds. The second kappa shape index (κ2) is 10.4. The third-order valence-corrected chi connectivity index (χ3v) is 6.88. The van der Waals surface area contributed by atoms with Gasteiger partial charge in [-0.1, -0.05) is 29.8 Å². The monoisotopic (exact) mass is 467 g/mol. The van der Waals surface area contributed by atoms with Gasteiger partial charge in [-0.3, -0.25) is 14.5 Å². The third-order valence-electron chi connectivity index (χ3n) is 6.88. The molecule has 1 saturated heterocycles. The molecule has 0 aliphatic carbocycles. The molecule has 8 nitrogen and oxygen atoms in total. The van der Waals surface area contributed by atoms with Crippen molar-refractivity contribution in [1.82, 2.24) is 14.4 Å². The van der Waals surface area contributed by atoms with Gasteiger partial charge >= 0.3 is 5.97 Å². The highest BCUT2D eigenvalue weighted by molar-refractivity contribution is 6.00. The molecule has 2 aliphatic heterocycles. The SMILES string of the molecule is COC(=O)[C@@H]1CCCCN1C(=O)c1c(OC)cc(=O)n2c1CCN(Cc1ccc(C)cc1)CC2. The summed E-state index contributed by atoms with van der Waals surface area (Å²) in [6, 6.07) is 9.23. The molecular weight excluding hydrogens is 434 g/mol. The number of hydrogen-bond acceptors (Lipinski definition) is 6. The fourth-order valence-corrected chi connectivity index (χ4v) is 4.99. The molecule has 2 aromatic rings. The van der Waals surface area contributed by atoms with E-state index in [1.165, 1.54) is 31.4 Å². The van der Waals surface area contributed by atoms with E-state index in [9.17, 15) is 14.4 Å². The van der Waals surface area contributed by atoms with Crippen molar-refractivity contribution in [3.8, 4) is 5.75 Å². The summed E-state index contributed by atoms with van der Waals surface area (Å²) in [6.45, 7) is 5.22. The molecule has 1 fully saturated rings. The highest BCUT2D eigenvalue weighted by Crippen LogP contribution is 2.28. The number of aryl methyl sites for hydroxylation is 1. The number of carbonyl (C=O) groups is 2. The van der Waals surface area contributed by atoms with Crippen LogP contribution in [0.3, 0.4) is 0 Å². The van der Waals surface area contributed by atoms with Gasteiger partial charge < -0.3 is 18.9 Å². The van der Waals surface area contributed by atoms with E-state index in [1.54, 1.807) is 9.47 Å². The van der Waals surface area contributed by atoms with E-state index in [-0.39, 0.29) is 17.2 Å². The average molecular weight is 468 g/mol. The molecule has 0 N–H and O–H groups in total. The number of ether oxygens (including phenoxy) is 2. The zero-order valence-corrected chi connectivity index (χ0v) is 20.2. The van der Waals surface area contributed by atoms with Crippen LogP contribution in [0.15, 0.2) is 35.1 Å². The number of fused-ring (bicyclic) bond motifs is 1. The van der Waals surface area contributed by atoms with Gasteiger partial charge in [-0.05, 0) is 31.7 Å². The number of piperidine rings is 1. The smallest absolute Gasteiger partial charge is 0.328 e. The summed E-state index contributed by atoms with van der Waals surface area (Å²) in [5.74, 6) is -0.416. The van der Waals surface area contributed by atoms with E-state index in [4.69, 9.17) is 9.47 Å². The number of carbonyl (C=O) groups excluding carboxylic acids is 2. The van der Waals surface area contributed by atoms with Gasteiger partial charge in [-0.2, -0.15) is 0 Å². The summed E-state index contributed by atoms with van der Waals surface area (Å²) in [5, 5.41) is 0. The van der Waals surface area contributed by atoms with Crippen LogP contribution in [0.5, 0.6) is 5.75 Å². The van der Waals surface area contributed by atoms with Gasteiger partial charge in [-0.25, -0.2) is 4.79 Å². The number of methoxy groups -OCH3 is 2. The van der Waals surface area contributed by atoms with E-state index in [0.29, 0.717) is 50.3 Å². The molecule has 1 aromatic carbocycles. The highest BCUT2D eigenvalue weighted by atomic mass is 16.5. The van der Waals surface area contributed by atoms with E-state index >= 15 is 0 Å². The maximum absolute atomic E-state index is 13.8. The molecule has 3 heterocycles. The van der Waals surface area contributed by atoms with Crippen LogP contribution in [-0.2, 0) is 29.0 Å². The standard InChI is InChI=1S/C26H33N3O5/c1-18-7-9-19(10-8-18)17-27-13-11-20-24(22(33-2)16-23(30)28(20)15-14-27)25(31)29-12-5-4-6-21(29)26(32)34-3/h7-10,16,21H,4-6,11-15,17H2,1-3H3/t21-/m0/s1. The fourth-order valence-electron chi connectivity index (χ4n) is 4.99. The minimum Gasteiger partial charge on any atom is -0.496 e. The Labute approximate surface area is 200 Å². The summed E-state index contributed by atoms with van der Waals surface area (Å²) >= 11 is 0. The Balaban J connectivity index is 1.65. The van der Waals surface area contributed by atoms with Gasteiger partial charge in [0.05, 0.1) is 14.2 Å². The second-order valence-corrected chi connectivity index (χ2v) is 9.07. The van der Waals surface area contributed by atoms with Crippen LogP contribution in [-0.4, -0.2) is 66.1 Å². The van der Waals surface area contributed by atoms with E-state index in [0.717, 1.165) is 19.4 Å². The zero-order chi connectivity index (χ0) is 24.2. The van der Waals surface area contributed by atoms with Crippen LogP contribution in [0, 0.1) is 6.92 Å². The van der Waals surface area contributed by atoms with Crippen LogP contribution in [0.25, 0.3) is 0 Å². The molecule has 8 heteroatoms. The lowest BCUT2D eigenvalue weighted by Crippen LogP contribution is -2.49. The molecule has 0 unspecified atom stereocenters. The molecule has 0 spiro atoms. The maximum atomic E-state index is 13.8. The number of aromatic nitrogens is 1. The van der Waals surface area contributed by atoms with Crippen LogP contribution in [0.1, 0.15) is 46.4 Å². The summed E-state index contributed by atoms with van der Waals surface area (Å²) in [5.41, 5.74) is 3.32. The summed E-state index contributed by atoms with van der Waals surface area (Å²) in [6.07, 6.45) is 2.79. The fraction of sp³-hybridized carbons (Fsp3) is 0.500. The van der Waals surface area contributed by atoms with Crippen LogP contribution < -0.4 is 10.3 Å². The molecule has 1 aromatic heterocycles. The van der Waals surface area contributed by atoms with Crippen molar-refractivity contribution in [2.75, 3.05) is 33.9 Å². The Morgan fingerprint density at radius 1 is 1.03 bits per heavy atom. The lowest BCUT2D eigenvalue weighted by Gasteiger charge is -2.34. The molecule has 0 saturated carbocycles. The third kappa shape index (κ3) is 4.87. The molecule has 0 bridgehead atoms. The molecule has 2 aliphatic rings. The van der Waals surface area contributed by atoms with E-state index in [2.05, 4.69) is 36.1 Å². The number of nitrogens with zero attached hydrogens (tertiary/aromatic N) is 3. The zero-order valence-electron chi connectivity index (χ0n) is 20.2. The number of likely N-dealkylation sites (tertiary alicyclic amines) is 1. The first-order valence-corrected chi connectivity index (χ1v) is 11.9. The van der Waals surface area contributed by atoms with Crippen molar-refractivity contribution in [3.05, 3.63) is 63.1 Å². The number of amides is 1. The average Bonchev–Trinajstić information content (AvgIpc) is 3.07. The largest absolute Gasteiger partial charge is 0.496 e. The lowest BCUT2D eigenvalue weighted by atomic mass is 9.99. The summed E-state index contributed by atoms with van der Waals surface area (Å²) in [4.78, 5) is 43.0. The van der Waals surface area contributed by atoms with E-state index in [1.807, 2.05) is 0 Å². The first-order chi connectivity index (χ1) is 16.4. The van der Waals surface area contributed by atoms with Crippen LogP contribution >= 0.6 is 0 Å². The van der Waals surface area contributed by atoms with Gasteiger partial charge in [0.15, 0.2) is 0 Å². The van der Waals surface area contributed by atoms with Gasteiger partial charge in [0, 0.05) is 50.9 Å². The molecule has 182 valence electrons. The van der Waals surface area contributed by atoms with Gasteiger partial charge in [0.2, 0.25) is 0 Å². The summed E-state index contributed by atoms with van der Waals surface area (Å²) in [7, 11) is 2.81. The number of pyridine rings is 1. The van der Waals surface area contributed by atoms with E-state index < -0.39 is 12.0 Å². The van der Waals surface area contributed by atoms with Crippen LogP contribution in [0.4, 0.5) is 0 Å². The molecule has 34 heavy (non-hydrogen) atoms. The molecule has 4 rings (SSSR count). The first kappa shape index (κ1) is 24.0. The number of esters is 1. The van der Waals surface area contributed by atoms with Crippen molar-refractivity contribution in [1.29, 1.82) is 0 Å². The Bertz CT molecular complexity index is 1110. The minimum absolute atomic E-state index is 0.177. The quantitative estimate of drug-likeness (QED) is 0.628. The Morgan fingerprint density at radius 2 is 1.79 bits per heavy atom. The normalized spacial score (nSPS) is 18.7. The van der Waals surface area contributed by atoms with Crippen LogP contribution in [0.2, 0.25) is 0 Å². The van der Waals surface area contributed by atoms with Gasteiger partial charge in [-0.15, -0.1) is 0 Å². The van der Waals surface area contributed by atoms with Crippen molar-refractivity contribution in [3.63, 3.8) is 0 Å². The molecule has 1 atom stereocenters. The predicted octanol–water partition coefficient (Wildman–Crippen LogP) is 2.39. The van der Waals surface area contributed by atoms with Gasteiger partial charge in [0.1, 0.15) is 17.4 Å². The second-order valence-electron chi connectivity index (χ2n) is 9.07. The van der Waals surface area contributed by atoms with Crippen molar-refractivity contribution in [2.24, 2.45) is 0 Å². The minimum atomic E-state index is -0.618. The predicted molar refractivity (Wildman–Crippen MR) is 128 cm³/mol. The Kier molecular flexibility index (Phi) is 7.36. The maximum Gasteiger partial charge on any atom is 0.328 e. The topological polar surface area (TPSA) is 81.1 Å². The highest BCUT2D eigenvalue weighted by Gasteiger charge is 2.36. The Hall–Kier alpha value is -3.13. The molecule has 0 radical (unpaired) electrons. The van der Waals surface area contributed by atoms with Gasteiger partial charge in [0.25, 0.3) is 11.5 Å². The number of hydrogen-bond donors (Lipinski definition) is 0.